The molecule has 1 atom stereocenters. The van der Waals surface area contributed by atoms with Crippen molar-refractivity contribution >= 4 is 29.4 Å². The molecular formula is C31H28N2O7S. The number of thiazole rings is 1. The van der Waals surface area contributed by atoms with Gasteiger partial charge >= 0.3 is 11.9 Å². The highest BCUT2D eigenvalue weighted by molar-refractivity contribution is 7.07. The van der Waals surface area contributed by atoms with E-state index in [2.05, 4.69) is 4.99 Å². The number of esters is 2. The summed E-state index contributed by atoms with van der Waals surface area (Å²) in [5, 5.41) is 0. The SMILES string of the molecule is CCOC(=O)C1=C(C)N=c2s/c(=C\c3ccc(-c4ccc(C(=O)OCC)cc4)o3)c(=O)n2[C@@H]1c1ccc(OC)cc1. The van der Waals surface area contributed by atoms with E-state index in [9.17, 15) is 14.4 Å². The summed E-state index contributed by atoms with van der Waals surface area (Å²) in [7, 11) is 1.57. The van der Waals surface area contributed by atoms with Gasteiger partial charge < -0.3 is 18.6 Å². The Morgan fingerprint density at radius 3 is 2.32 bits per heavy atom. The number of furan rings is 1. The Hall–Kier alpha value is -4.70. The van der Waals surface area contributed by atoms with Gasteiger partial charge in [-0.05, 0) is 62.7 Å². The summed E-state index contributed by atoms with van der Waals surface area (Å²) in [6.45, 7) is 5.73. The summed E-state index contributed by atoms with van der Waals surface area (Å²) >= 11 is 1.21. The van der Waals surface area contributed by atoms with Gasteiger partial charge in [0.05, 0.1) is 47.7 Å². The summed E-state index contributed by atoms with van der Waals surface area (Å²) < 4.78 is 23.6. The molecule has 4 aromatic rings. The minimum atomic E-state index is -0.719. The number of carbonyl (C=O) groups excluding carboxylic acids is 2. The zero-order valence-corrected chi connectivity index (χ0v) is 23.8. The normalized spacial score (nSPS) is 14.8. The number of hydrogen-bond acceptors (Lipinski definition) is 9. The lowest BCUT2D eigenvalue weighted by molar-refractivity contribution is -0.139. The van der Waals surface area contributed by atoms with Crippen LogP contribution in [0, 0.1) is 0 Å². The van der Waals surface area contributed by atoms with Crippen LogP contribution in [0.3, 0.4) is 0 Å². The van der Waals surface area contributed by atoms with Crippen molar-refractivity contribution in [2.24, 2.45) is 4.99 Å². The second-order valence-electron chi connectivity index (χ2n) is 9.08. The number of benzene rings is 2. The van der Waals surface area contributed by atoms with Crippen molar-refractivity contribution in [2.75, 3.05) is 20.3 Å². The molecule has 0 bridgehead atoms. The van der Waals surface area contributed by atoms with Crippen LogP contribution >= 0.6 is 11.3 Å². The summed E-state index contributed by atoms with van der Waals surface area (Å²) in [5.41, 5.74) is 2.44. The Balaban J connectivity index is 1.54. The number of hydrogen-bond donors (Lipinski definition) is 0. The highest BCUT2D eigenvalue weighted by atomic mass is 32.1. The zero-order valence-electron chi connectivity index (χ0n) is 23.0. The van der Waals surface area contributed by atoms with Crippen molar-refractivity contribution in [1.29, 1.82) is 0 Å². The van der Waals surface area contributed by atoms with Gasteiger partial charge in [0.1, 0.15) is 17.3 Å². The fraction of sp³-hybridized carbons (Fsp3) is 0.226. The van der Waals surface area contributed by atoms with Crippen LogP contribution in [0.4, 0.5) is 0 Å². The maximum absolute atomic E-state index is 13.8. The highest BCUT2D eigenvalue weighted by Crippen LogP contribution is 2.31. The molecule has 0 saturated heterocycles. The van der Waals surface area contributed by atoms with Gasteiger partial charge in [-0.1, -0.05) is 35.6 Å². The van der Waals surface area contributed by atoms with E-state index in [1.54, 1.807) is 82.5 Å². The quantitative estimate of drug-likeness (QED) is 0.291. The molecule has 0 unspecified atom stereocenters. The highest BCUT2D eigenvalue weighted by Gasteiger charge is 2.33. The number of fused-ring (bicyclic) bond motifs is 1. The molecule has 210 valence electrons. The molecule has 0 spiro atoms. The Labute approximate surface area is 239 Å². The van der Waals surface area contributed by atoms with Crippen molar-refractivity contribution in [3.05, 3.63) is 109 Å². The van der Waals surface area contributed by atoms with Crippen LogP contribution < -0.4 is 19.6 Å². The molecule has 9 nitrogen and oxygen atoms in total. The van der Waals surface area contributed by atoms with Gasteiger partial charge in [0.2, 0.25) is 0 Å². The van der Waals surface area contributed by atoms with E-state index in [0.29, 0.717) is 50.0 Å². The number of carbonyl (C=O) groups is 2. The van der Waals surface area contributed by atoms with Gasteiger partial charge in [0.15, 0.2) is 4.80 Å². The largest absolute Gasteiger partial charge is 0.497 e. The van der Waals surface area contributed by atoms with Crippen molar-refractivity contribution in [1.82, 2.24) is 4.57 Å². The lowest BCUT2D eigenvalue weighted by atomic mass is 9.96. The Kier molecular flexibility index (Phi) is 8.02. The van der Waals surface area contributed by atoms with Crippen molar-refractivity contribution < 1.29 is 28.2 Å². The number of aromatic nitrogens is 1. The summed E-state index contributed by atoms with van der Waals surface area (Å²) in [6.07, 6.45) is 1.66. The average Bonchev–Trinajstić information content (AvgIpc) is 3.57. The first-order valence-electron chi connectivity index (χ1n) is 13.1. The third-order valence-electron chi connectivity index (χ3n) is 6.53. The second-order valence-corrected chi connectivity index (χ2v) is 10.1. The van der Waals surface area contributed by atoms with Crippen LogP contribution in [0.1, 0.15) is 48.5 Å². The molecule has 1 aliphatic heterocycles. The molecule has 3 heterocycles. The maximum Gasteiger partial charge on any atom is 0.338 e. The van der Waals surface area contributed by atoms with Crippen molar-refractivity contribution in [2.45, 2.75) is 26.8 Å². The molecule has 5 rings (SSSR count). The number of allylic oxidation sites excluding steroid dienone is 1. The molecule has 0 saturated carbocycles. The number of ether oxygens (including phenoxy) is 3. The standard InChI is InChI=1S/C31H28N2O7S/c1-5-38-29(35)21-9-7-19(8-10-21)24-16-15-23(40-24)17-25-28(34)33-27(20-11-13-22(37-4)14-12-20)26(30(36)39-6-2)18(3)32-31(33)41-25/h7-17,27H,5-6H2,1-4H3/b25-17-/t27-/m1/s1. The molecule has 0 N–H and O–H groups in total. The van der Waals surface area contributed by atoms with Gasteiger partial charge in [-0.2, -0.15) is 0 Å². The number of rotatable bonds is 8. The first-order chi connectivity index (χ1) is 19.8. The topological polar surface area (TPSA) is 109 Å². The molecule has 2 aromatic heterocycles. The molecule has 0 fully saturated rings. The third-order valence-corrected chi connectivity index (χ3v) is 7.51. The Morgan fingerprint density at radius 2 is 1.66 bits per heavy atom. The van der Waals surface area contributed by atoms with E-state index in [0.717, 1.165) is 11.1 Å². The predicted molar refractivity (Wildman–Crippen MR) is 153 cm³/mol. The van der Waals surface area contributed by atoms with Gasteiger partial charge in [0.25, 0.3) is 5.56 Å². The van der Waals surface area contributed by atoms with E-state index >= 15 is 0 Å². The van der Waals surface area contributed by atoms with Gasteiger partial charge in [-0.25, -0.2) is 14.6 Å². The van der Waals surface area contributed by atoms with Crippen LogP contribution in [-0.2, 0) is 14.3 Å². The van der Waals surface area contributed by atoms with Crippen molar-refractivity contribution in [3.8, 4) is 17.1 Å². The molecule has 0 amide bonds. The first kappa shape index (κ1) is 27.9. The maximum atomic E-state index is 13.8. The smallest absolute Gasteiger partial charge is 0.338 e. The molecule has 0 aliphatic carbocycles. The van der Waals surface area contributed by atoms with Crippen LogP contribution in [-0.4, -0.2) is 36.8 Å². The van der Waals surface area contributed by atoms with Crippen molar-refractivity contribution in [3.63, 3.8) is 0 Å². The Morgan fingerprint density at radius 1 is 0.976 bits per heavy atom. The monoisotopic (exact) mass is 572 g/mol. The Bertz CT molecular complexity index is 1810. The minimum Gasteiger partial charge on any atom is -0.497 e. The predicted octanol–water partition coefficient (Wildman–Crippen LogP) is 4.24. The lowest BCUT2D eigenvalue weighted by Gasteiger charge is -2.24. The number of methoxy groups -OCH3 is 1. The van der Waals surface area contributed by atoms with E-state index in [4.69, 9.17) is 18.6 Å². The van der Waals surface area contributed by atoms with E-state index in [1.807, 2.05) is 12.1 Å². The second kappa shape index (κ2) is 11.8. The van der Waals surface area contributed by atoms with Crippen LogP contribution in [0.5, 0.6) is 5.75 Å². The van der Waals surface area contributed by atoms with Gasteiger partial charge in [-0.15, -0.1) is 0 Å². The van der Waals surface area contributed by atoms with Crippen LogP contribution in [0.2, 0.25) is 0 Å². The molecular weight excluding hydrogens is 544 g/mol. The van der Waals surface area contributed by atoms with E-state index in [-0.39, 0.29) is 18.1 Å². The lowest BCUT2D eigenvalue weighted by Crippen LogP contribution is -2.39. The fourth-order valence-corrected chi connectivity index (χ4v) is 5.62. The first-order valence-corrected chi connectivity index (χ1v) is 13.9. The van der Waals surface area contributed by atoms with E-state index in [1.165, 1.54) is 15.9 Å². The molecule has 1 aliphatic rings. The van der Waals surface area contributed by atoms with Crippen LogP contribution in [0.15, 0.2) is 86.1 Å². The average molecular weight is 573 g/mol. The van der Waals surface area contributed by atoms with Gasteiger partial charge in [0, 0.05) is 11.6 Å². The third kappa shape index (κ3) is 5.51. The summed E-state index contributed by atoms with van der Waals surface area (Å²) in [5.74, 6) is 0.805. The molecule has 2 aromatic carbocycles. The summed E-state index contributed by atoms with van der Waals surface area (Å²) in [4.78, 5) is 43.8. The number of nitrogens with zero attached hydrogens (tertiary/aromatic N) is 2. The minimum absolute atomic E-state index is 0.196. The molecule has 41 heavy (non-hydrogen) atoms. The molecule has 0 radical (unpaired) electrons. The molecule has 10 heteroatoms. The fourth-order valence-electron chi connectivity index (χ4n) is 4.59. The zero-order chi connectivity index (χ0) is 29.1. The van der Waals surface area contributed by atoms with Crippen LogP contribution in [0.25, 0.3) is 17.4 Å². The van der Waals surface area contributed by atoms with Gasteiger partial charge in [-0.3, -0.25) is 9.36 Å². The summed E-state index contributed by atoms with van der Waals surface area (Å²) in [6, 6.07) is 17.0. The van der Waals surface area contributed by atoms with E-state index < -0.39 is 12.0 Å².